The van der Waals surface area contributed by atoms with Crippen LogP contribution in [0.5, 0.6) is 0 Å². The van der Waals surface area contributed by atoms with E-state index < -0.39 is 5.60 Å². The molecule has 2 aromatic rings. The van der Waals surface area contributed by atoms with Gasteiger partial charge < -0.3 is 24.8 Å². The number of ether oxygens (including phenoxy) is 1. The number of piperidine rings is 2. The van der Waals surface area contributed by atoms with Crippen LogP contribution in [0.3, 0.4) is 0 Å². The maximum Gasteiger partial charge on any atom is 0.410 e. The zero-order chi connectivity index (χ0) is 26.8. The molecule has 0 radical (unpaired) electrons. The summed E-state index contributed by atoms with van der Waals surface area (Å²) < 4.78 is 5.69. The number of carbonyl (C=O) groups excluding carboxylic acids is 2. The monoisotopic (exact) mass is 517 g/mol. The molecule has 2 unspecified atom stereocenters. The van der Waals surface area contributed by atoms with Gasteiger partial charge in [-0.25, -0.2) is 9.78 Å². The minimum absolute atomic E-state index is 0.0492. The second-order valence-corrected chi connectivity index (χ2v) is 13.2. The van der Waals surface area contributed by atoms with Crippen LogP contribution in [0.15, 0.2) is 36.5 Å². The van der Waals surface area contributed by atoms with Crippen LogP contribution in [0.1, 0.15) is 65.9 Å². The summed E-state index contributed by atoms with van der Waals surface area (Å²) in [5.41, 5.74) is 3.63. The standard InChI is InChI=1S/C30H39N5O3/c1-29(2,3)38-28(37)34-18-22-8-9-23(34)17-33(22)21-10-11-24-25(13-21)35(27(36)20-14-30(4,5)15-20)16-19-7-6-12-31-26(19)32-24/h6-7,10-13,20,22-23H,8-9,14-18H2,1-5H3,(H,31,32). The Morgan fingerprint density at radius 1 is 1.08 bits per heavy atom. The Morgan fingerprint density at radius 2 is 1.84 bits per heavy atom. The van der Waals surface area contributed by atoms with E-state index in [0.29, 0.717) is 13.1 Å². The highest BCUT2D eigenvalue weighted by atomic mass is 16.6. The summed E-state index contributed by atoms with van der Waals surface area (Å²) in [6.45, 7) is 12.1. The second kappa shape index (κ2) is 8.89. The number of benzene rings is 1. The van der Waals surface area contributed by atoms with E-state index >= 15 is 0 Å². The van der Waals surface area contributed by atoms with Gasteiger partial charge in [0.15, 0.2) is 0 Å². The molecule has 7 rings (SSSR count). The SMILES string of the molecule is CC1(C)CC(C(=O)N2Cc3cccnc3Nc3ccc(N4CC5CCC4CN5C(=O)OC(C)(C)C)cc32)C1. The highest BCUT2D eigenvalue weighted by molar-refractivity contribution is 6.00. The molecule has 2 amide bonds. The Balaban J connectivity index is 1.29. The van der Waals surface area contributed by atoms with Crippen molar-refractivity contribution in [3.05, 3.63) is 42.1 Å². The zero-order valence-electron chi connectivity index (χ0n) is 23.2. The molecular weight excluding hydrogens is 478 g/mol. The molecule has 8 nitrogen and oxygen atoms in total. The van der Waals surface area contributed by atoms with Crippen LogP contribution in [-0.4, -0.2) is 52.7 Å². The number of piperazine rings is 1. The summed E-state index contributed by atoms with van der Waals surface area (Å²) >= 11 is 0. The van der Waals surface area contributed by atoms with Crippen molar-refractivity contribution < 1.29 is 14.3 Å². The number of carbonyl (C=O) groups is 2. The lowest BCUT2D eigenvalue weighted by Crippen LogP contribution is -2.64. The van der Waals surface area contributed by atoms with Gasteiger partial charge in [-0.3, -0.25) is 4.79 Å². The molecule has 4 aliphatic heterocycles. The smallest absolute Gasteiger partial charge is 0.410 e. The third-order valence-electron chi connectivity index (χ3n) is 8.45. The van der Waals surface area contributed by atoms with Crippen molar-refractivity contribution in [2.24, 2.45) is 11.3 Å². The maximum absolute atomic E-state index is 13.8. The number of hydrogen-bond acceptors (Lipinski definition) is 6. The molecule has 0 spiro atoms. The molecule has 2 atom stereocenters. The summed E-state index contributed by atoms with van der Waals surface area (Å²) in [7, 11) is 0. The van der Waals surface area contributed by atoms with Gasteiger partial charge in [0.05, 0.1) is 24.0 Å². The first kappa shape index (κ1) is 25.0. The van der Waals surface area contributed by atoms with E-state index in [1.807, 2.05) is 42.7 Å². The summed E-state index contributed by atoms with van der Waals surface area (Å²) in [6.07, 6.45) is 5.42. The van der Waals surface area contributed by atoms with E-state index in [-0.39, 0.29) is 35.4 Å². The lowest BCUT2D eigenvalue weighted by Gasteiger charge is -2.52. The number of fused-ring (bicyclic) bond motifs is 5. The summed E-state index contributed by atoms with van der Waals surface area (Å²) in [6, 6.07) is 10.7. The van der Waals surface area contributed by atoms with Gasteiger partial charge in [0.2, 0.25) is 5.91 Å². The van der Waals surface area contributed by atoms with E-state index in [1.165, 1.54) is 0 Å². The molecule has 5 aliphatic rings. The molecule has 1 N–H and O–H groups in total. The lowest BCUT2D eigenvalue weighted by atomic mass is 9.64. The van der Waals surface area contributed by atoms with Gasteiger partial charge in [-0.1, -0.05) is 19.9 Å². The van der Waals surface area contributed by atoms with Crippen molar-refractivity contribution in [1.82, 2.24) is 9.88 Å². The zero-order valence-corrected chi connectivity index (χ0v) is 23.2. The number of rotatable bonds is 2. The minimum Gasteiger partial charge on any atom is -0.444 e. The highest BCUT2D eigenvalue weighted by Crippen LogP contribution is 2.48. The van der Waals surface area contributed by atoms with Gasteiger partial charge in [-0.15, -0.1) is 0 Å². The molecule has 8 heteroatoms. The fourth-order valence-electron chi connectivity index (χ4n) is 6.64. The number of aromatic nitrogens is 1. The van der Waals surface area contributed by atoms with Crippen molar-refractivity contribution in [2.45, 2.75) is 84.5 Å². The Labute approximate surface area is 225 Å². The van der Waals surface area contributed by atoms with Crippen LogP contribution in [0.4, 0.5) is 27.7 Å². The first-order valence-corrected chi connectivity index (χ1v) is 13.9. The Morgan fingerprint density at radius 3 is 2.53 bits per heavy atom. The predicted molar refractivity (Wildman–Crippen MR) is 149 cm³/mol. The van der Waals surface area contributed by atoms with E-state index in [2.05, 4.69) is 47.2 Å². The molecule has 2 bridgehead atoms. The van der Waals surface area contributed by atoms with Gasteiger partial charge >= 0.3 is 6.09 Å². The summed E-state index contributed by atoms with van der Waals surface area (Å²) in [5, 5.41) is 3.49. The third kappa shape index (κ3) is 4.58. The molecular formula is C30H39N5O3. The summed E-state index contributed by atoms with van der Waals surface area (Å²) in [4.78, 5) is 37.6. The lowest BCUT2D eigenvalue weighted by molar-refractivity contribution is -0.128. The van der Waals surface area contributed by atoms with E-state index in [1.54, 1.807) is 6.20 Å². The highest BCUT2D eigenvalue weighted by Gasteiger charge is 2.45. The second-order valence-electron chi connectivity index (χ2n) is 13.2. The number of anilines is 4. The topological polar surface area (TPSA) is 78.0 Å². The van der Waals surface area contributed by atoms with E-state index in [9.17, 15) is 9.59 Å². The Kier molecular flexibility index (Phi) is 5.85. The van der Waals surface area contributed by atoms with Gasteiger partial charge in [0.1, 0.15) is 11.4 Å². The number of nitrogens with zero attached hydrogens (tertiary/aromatic N) is 4. The van der Waals surface area contributed by atoms with Crippen molar-refractivity contribution in [1.29, 1.82) is 0 Å². The van der Waals surface area contributed by atoms with Crippen LogP contribution in [0.25, 0.3) is 0 Å². The molecule has 1 aliphatic carbocycles. The van der Waals surface area contributed by atoms with Gasteiger partial charge in [-0.05, 0) is 76.1 Å². The van der Waals surface area contributed by atoms with Crippen molar-refractivity contribution in [2.75, 3.05) is 28.2 Å². The first-order chi connectivity index (χ1) is 18.0. The normalized spacial score (nSPS) is 24.1. The van der Waals surface area contributed by atoms with Crippen LogP contribution >= 0.6 is 0 Å². The molecule has 1 aromatic carbocycles. The maximum atomic E-state index is 13.8. The van der Waals surface area contributed by atoms with Crippen LogP contribution in [0, 0.1) is 11.3 Å². The Hall–Kier alpha value is -3.29. The average Bonchev–Trinajstić information content (AvgIpc) is 3.02. The molecule has 202 valence electrons. The van der Waals surface area contributed by atoms with Crippen molar-refractivity contribution in [3.63, 3.8) is 0 Å². The molecule has 1 aromatic heterocycles. The van der Waals surface area contributed by atoms with Gasteiger partial charge in [-0.2, -0.15) is 0 Å². The molecule has 38 heavy (non-hydrogen) atoms. The predicted octanol–water partition coefficient (Wildman–Crippen LogP) is 5.70. The first-order valence-electron chi connectivity index (χ1n) is 13.9. The molecule has 3 saturated heterocycles. The van der Waals surface area contributed by atoms with Crippen LogP contribution in [0.2, 0.25) is 0 Å². The quantitative estimate of drug-likeness (QED) is 0.551. The van der Waals surface area contributed by atoms with Crippen LogP contribution in [-0.2, 0) is 16.1 Å². The third-order valence-corrected chi connectivity index (χ3v) is 8.45. The van der Waals surface area contributed by atoms with Gasteiger partial charge in [0, 0.05) is 42.5 Å². The van der Waals surface area contributed by atoms with E-state index in [4.69, 9.17) is 4.74 Å². The fraction of sp³-hybridized carbons (Fsp3) is 0.567. The number of nitrogens with one attached hydrogen (secondary N) is 1. The minimum atomic E-state index is -0.504. The average molecular weight is 518 g/mol. The van der Waals surface area contributed by atoms with Crippen LogP contribution < -0.4 is 15.1 Å². The van der Waals surface area contributed by atoms with Crippen molar-refractivity contribution >= 4 is 34.9 Å². The molecule has 5 heterocycles. The molecule has 4 fully saturated rings. The summed E-state index contributed by atoms with van der Waals surface area (Å²) in [5.74, 6) is 1.04. The van der Waals surface area contributed by atoms with Gasteiger partial charge in [0.25, 0.3) is 0 Å². The number of amides is 2. The fourth-order valence-corrected chi connectivity index (χ4v) is 6.64. The van der Waals surface area contributed by atoms with Crippen molar-refractivity contribution in [3.8, 4) is 0 Å². The number of hydrogen-bond donors (Lipinski definition) is 1. The molecule has 1 saturated carbocycles. The van der Waals surface area contributed by atoms with E-state index in [0.717, 1.165) is 60.7 Å². The number of pyridine rings is 1. The Bertz CT molecular complexity index is 1260. The largest absolute Gasteiger partial charge is 0.444 e.